The molecule has 1 saturated heterocycles. The summed E-state index contributed by atoms with van der Waals surface area (Å²) in [6.45, 7) is 1.50. The summed E-state index contributed by atoms with van der Waals surface area (Å²) in [5.74, 6) is 1.42. The summed E-state index contributed by atoms with van der Waals surface area (Å²) in [6.07, 6.45) is 0.971. The van der Waals surface area contributed by atoms with Gasteiger partial charge in [0.2, 0.25) is 0 Å². The third kappa shape index (κ3) is 4.60. The van der Waals surface area contributed by atoms with Gasteiger partial charge in [0.1, 0.15) is 5.75 Å². The Kier molecular flexibility index (Phi) is 6.33. The Morgan fingerprint density at radius 1 is 1.29 bits per heavy atom. The van der Waals surface area contributed by atoms with Crippen molar-refractivity contribution in [3.05, 3.63) is 50.6 Å². The number of benzene rings is 1. The minimum Gasteiger partial charge on any atom is -0.482 e. The topological polar surface area (TPSA) is 29.5 Å². The maximum Gasteiger partial charge on any atom is 0.260 e. The van der Waals surface area contributed by atoms with Crippen LogP contribution in [0.3, 0.4) is 0 Å². The number of halogens is 2. The smallest absolute Gasteiger partial charge is 0.260 e. The fourth-order valence-corrected chi connectivity index (χ4v) is 5.24. The second kappa shape index (κ2) is 8.48. The molecule has 1 atom stereocenters. The Labute approximate surface area is 159 Å². The lowest BCUT2D eigenvalue weighted by atomic mass is 10.2. The van der Waals surface area contributed by atoms with E-state index in [0.717, 1.165) is 25.3 Å². The molecule has 1 aromatic heterocycles. The Morgan fingerprint density at radius 3 is 2.92 bits per heavy atom. The molecule has 3 rings (SSSR count). The maximum atomic E-state index is 12.4. The van der Waals surface area contributed by atoms with E-state index in [9.17, 15) is 4.79 Å². The average molecular weight is 402 g/mol. The molecule has 3 nitrogen and oxygen atoms in total. The van der Waals surface area contributed by atoms with E-state index in [1.807, 2.05) is 16.7 Å². The van der Waals surface area contributed by atoms with Crippen LogP contribution in [0.5, 0.6) is 5.75 Å². The SMILES string of the molecule is O=C(COc1ccc(Cl)cc1Cl)N1CCS[C@@H](c2cccs2)CC1. The Balaban J connectivity index is 1.53. The van der Waals surface area contributed by atoms with E-state index < -0.39 is 0 Å². The van der Waals surface area contributed by atoms with Crippen LogP contribution in [0, 0.1) is 0 Å². The molecular weight excluding hydrogens is 385 g/mol. The first-order valence-corrected chi connectivity index (χ1v) is 10.3. The molecule has 0 N–H and O–H groups in total. The zero-order valence-corrected chi connectivity index (χ0v) is 16.1. The van der Waals surface area contributed by atoms with Gasteiger partial charge in [0.25, 0.3) is 5.91 Å². The number of rotatable bonds is 4. The van der Waals surface area contributed by atoms with Gasteiger partial charge in [-0.15, -0.1) is 11.3 Å². The first-order chi connectivity index (χ1) is 11.6. The molecule has 24 heavy (non-hydrogen) atoms. The van der Waals surface area contributed by atoms with E-state index in [1.165, 1.54) is 4.88 Å². The van der Waals surface area contributed by atoms with Crippen LogP contribution in [-0.4, -0.2) is 36.3 Å². The highest BCUT2D eigenvalue weighted by Crippen LogP contribution is 2.36. The van der Waals surface area contributed by atoms with Crippen LogP contribution in [0.15, 0.2) is 35.7 Å². The Morgan fingerprint density at radius 2 is 2.17 bits per heavy atom. The van der Waals surface area contributed by atoms with E-state index >= 15 is 0 Å². The van der Waals surface area contributed by atoms with E-state index in [2.05, 4.69) is 17.5 Å². The van der Waals surface area contributed by atoms with Gasteiger partial charge in [-0.3, -0.25) is 4.79 Å². The van der Waals surface area contributed by atoms with Crippen LogP contribution in [0.2, 0.25) is 10.0 Å². The first-order valence-electron chi connectivity index (χ1n) is 7.64. The minimum atomic E-state index is -0.00607. The van der Waals surface area contributed by atoms with Gasteiger partial charge in [0.05, 0.1) is 5.02 Å². The van der Waals surface area contributed by atoms with Crippen molar-refractivity contribution in [2.75, 3.05) is 25.4 Å². The number of hydrogen-bond donors (Lipinski definition) is 0. The van der Waals surface area contributed by atoms with Crippen LogP contribution in [0.25, 0.3) is 0 Å². The predicted molar refractivity (Wildman–Crippen MR) is 103 cm³/mol. The van der Waals surface area contributed by atoms with Crippen LogP contribution >= 0.6 is 46.3 Å². The summed E-state index contributed by atoms with van der Waals surface area (Å²) in [5.41, 5.74) is 0. The molecular formula is C17H17Cl2NO2S2. The number of amides is 1. The fraction of sp³-hybridized carbons (Fsp3) is 0.353. The molecule has 1 aliphatic rings. The van der Waals surface area contributed by atoms with Crippen molar-refractivity contribution < 1.29 is 9.53 Å². The Hall–Kier alpha value is -0.880. The molecule has 0 bridgehead atoms. The third-order valence-corrected chi connectivity index (χ3v) is 6.78. The van der Waals surface area contributed by atoms with Crippen molar-refractivity contribution in [2.45, 2.75) is 11.7 Å². The number of carbonyl (C=O) groups is 1. The van der Waals surface area contributed by atoms with Gasteiger partial charge in [-0.1, -0.05) is 29.3 Å². The van der Waals surface area contributed by atoms with E-state index in [-0.39, 0.29) is 12.5 Å². The molecule has 0 aliphatic carbocycles. The highest BCUT2D eigenvalue weighted by molar-refractivity contribution is 7.99. The molecule has 0 unspecified atom stereocenters. The van der Waals surface area contributed by atoms with Crippen molar-refractivity contribution in [1.29, 1.82) is 0 Å². The van der Waals surface area contributed by atoms with E-state index in [1.54, 1.807) is 29.5 Å². The van der Waals surface area contributed by atoms with Crippen LogP contribution < -0.4 is 4.74 Å². The first kappa shape index (κ1) is 17.9. The lowest BCUT2D eigenvalue weighted by Crippen LogP contribution is -2.36. The fourth-order valence-electron chi connectivity index (χ4n) is 2.54. The van der Waals surface area contributed by atoms with Crippen LogP contribution in [0.1, 0.15) is 16.5 Å². The van der Waals surface area contributed by atoms with Gasteiger partial charge >= 0.3 is 0 Å². The van der Waals surface area contributed by atoms with Crippen molar-refractivity contribution in [2.24, 2.45) is 0 Å². The number of thiophene rings is 1. The highest BCUT2D eigenvalue weighted by Gasteiger charge is 2.23. The summed E-state index contributed by atoms with van der Waals surface area (Å²) in [7, 11) is 0. The van der Waals surface area contributed by atoms with Gasteiger partial charge in [-0.05, 0) is 36.1 Å². The second-order valence-electron chi connectivity index (χ2n) is 5.41. The number of nitrogens with zero attached hydrogens (tertiary/aromatic N) is 1. The highest BCUT2D eigenvalue weighted by atomic mass is 35.5. The van der Waals surface area contributed by atoms with E-state index in [0.29, 0.717) is 21.0 Å². The van der Waals surface area contributed by atoms with Crippen LogP contribution in [0.4, 0.5) is 0 Å². The lowest BCUT2D eigenvalue weighted by Gasteiger charge is -2.20. The van der Waals surface area contributed by atoms with Crippen LogP contribution in [-0.2, 0) is 4.79 Å². The minimum absolute atomic E-state index is 0.00428. The molecule has 7 heteroatoms. The summed E-state index contributed by atoms with van der Waals surface area (Å²) in [6, 6.07) is 9.24. The molecule has 128 valence electrons. The number of ether oxygens (including phenoxy) is 1. The predicted octanol–water partition coefficient (Wildman–Crippen LogP) is 5.14. The molecule has 2 aromatic rings. The van der Waals surface area contributed by atoms with Gasteiger partial charge in [-0.2, -0.15) is 11.8 Å². The zero-order chi connectivity index (χ0) is 16.9. The molecule has 1 aromatic carbocycles. The maximum absolute atomic E-state index is 12.4. The third-order valence-electron chi connectivity index (χ3n) is 3.80. The van der Waals surface area contributed by atoms with Gasteiger partial charge in [0, 0.05) is 34.0 Å². The van der Waals surface area contributed by atoms with E-state index in [4.69, 9.17) is 27.9 Å². The summed E-state index contributed by atoms with van der Waals surface area (Å²) in [5, 5.41) is 3.55. The molecule has 1 aliphatic heterocycles. The molecule has 1 amide bonds. The van der Waals surface area contributed by atoms with Crippen molar-refractivity contribution in [3.8, 4) is 5.75 Å². The summed E-state index contributed by atoms with van der Waals surface area (Å²) < 4.78 is 5.56. The molecule has 0 saturated carbocycles. The largest absolute Gasteiger partial charge is 0.482 e. The number of thioether (sulfide) groups is 1. The quantitative estimate of drug-likeness (QED) is 0.709. The van der Waals surface area contributed by atoms with Gasteiger partial charge in [0.15, 0.2) is 6.61 Å². The monoisotopic (exact) mass is 401 g/mol. The molecule has 0 radical (unpaired) electrons. The summed E-state index contributed by atoms with van der Waals surface area (Å²) in [4.78, 5) is 15.7. The lowest BCUT2D eigenvalue weighted by molar-refractivity contribution is -0.133. The second-order valence-corrected chi connectivity index (χ2v) is 8.54. The van der Waals surface area contributed by atoms with Gasteiger partial charge in [-0.25, -0.2) is 0 Å². The number of hydrogen-bond acceptors (Lipinski definition) is 4. The Bertz CT molecular complexity index is 694. The average Bonchev–Trinajstić information content (AvgIpc) is 2.98. The normalized spacial score (nSPS) is 18.2. The van der Waals surface area contributed by atoms with Gasteiger partial charge < -0.3 is 9.64 Å². The molecule has 2 heterocycles. The summed E-state index contributed by atoms with van der Waals surface area (Å²) >= 11 is 15.6. The number of carbonyl (C=O) groups excluding carboxylic acids is 1. The standard InChI is InChI=1S/C17H17Cl2NO2S2/c18-12-3-4-14(13(19)10-12)22-11-17(21)20-6-5-16(24-9-7-20)15-2-1-8-23-15/h1-4,8,10,16H,5-7,9,11H2/t16-/m1/s1. The van der Waals surface area contributed by atoms with Crippen molar-refractivity contribution >= 4 is 52.2 Å². The zero-order valence-electron chi connectivity index (χ0n) is 12.9. The molecule has 1 fully saturated rings. The molecule has 0 spiro atoms. The van der Waals surface area contributed by atoms with Crippen molar-refractivity contribution in [3.63, 3.8) is 0 Å². The van der Waals surface area contributed by atoms with Crippen molar-refractivity contribution in [1.82, 2.24) is 4.90 Å².